The Morgan fingerprint density at radius 2 is 1.41 bits per heavy atom. The molecule has 0 radical (unpaired) electrons. The van der Waals surface area contributed by atoms with Gasteiger partial charge in [0, 0.05) is 36.0 Å². The van der Waals surface area contributed by atoms with Gasteiger partial charge in [0.05, 0.1) is 14.2 Å². The molecule has 54 heavy (non-hydrogen) atoms. The Kier molecular flexibility index (Phi) is 15.0. The molecule has 0 spiro atoms. The van der Waals surface area contributed by atoms with Crippen molar-refractivity contribution in [3.05, 3.63) is 166 Å². The molecule has 0 saturated carbocycles. The van der Waals surface area contributed by atoms with E-state index in [4.69, 9.17) is 21.1 Å². The van der Waals surface area contributed by atoms with E-state index in [1.807, 2.05) is 12.1 Å². The van der Waals surface area contributed by atoms with Gasteiger partial charge in [0.15, 0.2) is 11.5 Å². The number of carbonyl (C=O) groups is 1. The molecule has 1 unspecified atom stereocenters. The number of amides is 1. The Hall–Kier alpha value is -4.36. The first kappa shape index (κ1) is 40.8. The lowest BCUT2D eigenvalue weighted by atomic mass is 9.68. The minimum atomic E-state index is -0.265. The maximum Gasteiger partial charge on any atom is 0.220 e. The number of nitrogens with zero attached hydrogens (tertiary/aromatic N) is 1. The van der Waals surface area contributed by atoms with Gasteiger partial charge in [-0.2, -0.15) is 0 Å². The van der Waals surface area contributed by atoms with Crippen LogP contribution in [0.5, 0.6) is 11.5 Å². The molecule has 5 aromatic carbocycles. The van der Waals surface area contributed by atoms with Crippen LogP contribution in [0.15, 0.2) is 121 Å². The molecule has 0 fully saturated rings. The van der Waals surface area contributed by atoms with Crippen LogP contribution in [0.1, 0.15) is 71.5 Å². The van der Waals surface area contributed by atoms with Crippen molar-refractivity contribution >= 4 is 29.9 Å². The summed E-state index contributed by atoms with van der Waals surface area (Å²) in [6, 6.07) is 40.8. The molecule has 1 aliphatic rings. The zero-order valence-corrected chi connectivity index (χ0v) is 32.8. The van der Waals surface area contributed by atoms with Crippen molar-refractivity contribution in [3.8, 4) is 11.5 Å². The molecule has 1 heterocycles. The summed E-state index contributed by atoms with van der Waals surface area (Å²) in [5.41, 5.74) is 7.17. The molecule has 6 rings (SSSR count). The number of ether oxygens (including phenoxy) is 2. The van der Waals surface area contributed by atoms with Crippen LogP contribution in [0.2, 0.25) is 5.02 Å². The number of halogens is 3. The topological polar surface area (TPSA) is 50.8 Å². The first-order chi connectivity index (χ1) is 25.9. The third-order valence-corrected chi connectivity index (χ3v) is 11.1. The summed E-state index contributed by atoms with van der Waals surface area (Å²) in [5, 5.41) is 3.90. The summed E-state index contributed by atoms with van der Waals surface area (Å²) in [6.07, 6.45) is 6.46. The fourth-order valence-electron chi connectivity index (χ4n) is 8.01. The van der Waals surface area contributed by atoms with Crippen LogP contribution in [0.25, 0.3) is 0 Å². The van der Waals surface area contributed by atoms with Gasteiger partial charge < -0.3 is 14.8 Å². The van der Waals surface area contributed by atoms with Crippen LogP contribution in [-0.2, 0) is 29.5 Å². The van der Waals surface area contributed by atoms with Crippen molar-refractivity contribution in [2.45, 2.75) is 62.8 Å². The molecule has 0 aromatic heterocycles. The first-order valence-electron chi connectivity index (χ1n) is 18.7. The number of carbonyl (C=O) groups excluding carboxylic acids is 1. The van der Waals surface area contributed by atoms with Crippen molar-refractivity contribution in [1.29, 1.82) is 0 Å². The highest BCUT2D eigenvalue weighted by atomic mass is 35.5. The second kappa shape index (κ2) is 19.8. The lowest BCUT2D eigenvalue weighted by Crippen LogP contribution is -2.38. The van der Waals surface area contributed by atoms with E-state index < -0.39 is 0 Å². The number of nitrogens with one attached hydrogen (secondary N) is 1. The summed E-state index contributed by atoms with van der Waals surface area (Å²) in [5.74, 6) is 1.28. The van der Waals surface area contributed by atoms with Crippen LogP contribution < -0.4 is 14.8 Å². The summed E-state index contributed by atoms with van der Waals surface area (Å²) < 4.78 is 24.8. The molecule has 8 heteroatoms. The highest BCUT2D eigenvalue weighted by Crippen LogP contribution is 2.43. The Labute approximate surface area is 331 Å². The van der Waals surface area contributed by atoms with Crippen LogP contribution in [0.4, 0.5) is 4.39 Å². The second-order valence-electron chi connectivity index (χ2n) is 14.0. The van der Waals surface area contributed by atoms with Crippen molar-refractivity contribution in [2.24, 2.45) is 0 Å². The van der Waals surface area contributed by atoms with Gasteiger partial charge in [0.1, 0.15) is 5.82 Å². The van der Waals surface area contributed by atoms with Crippen LogP contribution in [-0.4, -0.2) is 44.7 Å². The van der Waals surface area contributed by atoms with Gasteiger partial charge in [-0.25, -0.2) is 4.39 Å². The van der Waals surface area contributed by atoms with E-state index in [0.29, 0.717) is 19.4 Å². The summed E-state index contributed by atoms with van der Waals surface area (Å²) in [7, 11) is 3.39. The molecule has 1 amide bonds. The van der Waals surface area contributed by atoms with Crippen LogP contribution in [0.3, 0.4) is 0 Å². The fourth-order valence-corrected chi connectivity index (χ4v) is 8.14. The van der Waals surface area contributed by atoms with E-state index in [2.05, 4.69) is 95.1 Å². The molecular formula is C46H51Cl2FN2O3. The average molecular weight is 770 g/mol. The van der Waals surface area contributed by atoms with Gasteiger partial charge in [0.25, 0.3) is 0 Å². The maximum atomic E-state index is 13.3. The normalized spacial score (nSPS) is 14.1. The van der Waals surface area contributed by atoms with E-state index in [9.17, 15) is 9.18 Å². The molecule has 0 aliphatic carbocycles. The molecule has 5 aromatic rings. The predicted octanol–water partition coefficient (Wildman–Crippen LogP) is 10.4. The number of methoxy groups -OCH3 is 2. The SMILES string of the molecule is COc1cc2c(cc1OC)C(Cc1ccc(Cl)cc1)N(CCCC(CCCNC(=O)CCc1ccc(F)cc1)(c1ccccc1)c1ccccc1)CC2.Cl. The number of fused-ring (bicyclic) bond motifs is 1. The van der Waals surface area contributed by atoms with Crippen molar-refractivity contribution in [1.82, 2.24) is 10.2 Å². The summed E-state index contributed by atoms with van der Waals surface area (Å²) in [6.45, 7) is 2.49. The lowest BCUT2D eigenvalue weighted by molar-refractivity contribution is -0.121. The van der Waals surface area contributed by atoms with Crippen LogP contribution in [0, 0.1) is 5.82 Å². The summed E-state index contributed by atoms with van der Waals surface area (Å²) in [4.78, 5) is 15.5. The highest BCUT2D eigenvalue weighted by Gasteiger charge is 2.35. The predicted molar refractivity (Wildman–Crippen MR) is 220 cm³/mol. The number of hydrogen-bond donors (Lipinski definition) is 1. The van der Waals surface area contributed by atoms with Gasteiger partial charge >= 0.3 is 0 Å². The van der Waals surface area contributed by atoms with Crippen molar-refractivity contribution in [3.63, 3.8) is 0 Å². The van der Waals surface area contributed by atoms with Gasteiger partial charge in [-0.05, 0) is 121 Å². The van der Waals surface area contributed by atoms with Crippen molar-refractivity contribution < 1.29 is 18.7 Å². The van der Waals surface area contributed by atoms with E-state index in [0.717, 1.165) is 73.7 Å². The standard InChI is InChI=1S/C46H50ClFN2O3.ClH/c1-52-43-32-36-25-30-50(42(41(36)33-44(43)53-2)31-35-15-20-39(47)21-16-35)29-10-27-46(37-11-5-3-6-12-37,38-13-7-4-8-14-38)26-9-28-49-45(51)24-19-34-17-22-40(48)23-18-34;/h3-8,11-18,20-23,32-33,42H,9-10,19,24-31H2,1-2H3,(H,49,51);1H. The third-order valence-electron chi connectivity index (χ3n) is 10.8. The average Bonchev–Trinajstić information content (AvgIpc) is 3.20. The largest absolute Gasteiger partial charge is 0.493 e. The molecule has 1 N–H and O–H groups in total. The fraction of sp³-hybridized carbons (Fsp3) is 0.326. The van der Waals surface area contributed by atoms with E-state index in [1.54, 1.807) is 26.4 Å². The third kappa shape index (κ3) is 10.2. The minimum Gasteiger partial charge on any atom is -0.493 e. The molecular weight excluding hydrogens is 718 g/mol. The Balaban J connectivity index is 0.00000561. The Morgan fingerprint density at radius 1 is 0.815 bits per heavy atom. The molecule has 1 aliphatic heterocycles. The van der Waals surface area contributed by atoms with E-state index >= 15 is 0 Å². The van der Waals surface area contributed by atoms with Gasteiger partial charge in [0.2, 0.25) is 5.91 Å². The molecule has 0 bridgehead atoms. The second-order valence-corrected chi connectivity index (χ2v) is 14.5. The molecule has 0 saturated heterocycles. The molecule has 284 valence electrons. The summed E-state index contributed by atoms with van der Waals surface area (Å²) >= 11 is 6.28. The smallest absolute Gasteiger partial charge is 0.220 e. The Morgan fingerprint density at radius 3 is 2.04 bits per heavy atom. The van der Waals surface area contributed by atoms with E-state index in [-0.39, 0.29) is 35.6 Å². The van der Waals surface area contributed by atoms with Gasteiger partial charge in [-0.15, -0.1) is 12.4 Å². The lowest BCUT2D eigenvalue weighted by Gasteiger charge is -2.40. The van der Waals surface area contributed by atoms with Gasteiger partial charge in [-0.1, -0.05) is 96.5 Å². The zero-order chi connectivity index (χ0) is 37.0. The maximum absolute atomic E-state index is 13.3. The first-order valence-corrected chi connectivity index (χ1v) is 19.1. The van der Waals surface area contributed by atoms with Gasteiger partial charge in [-0.3, -0.25) is 9.69 Å². The monoisotopic (exact) mass is 768 g/mol. The highest BCUT2D eigenvalue weighted by molar-refractivity contribution is 6.30. The molecule has 1 atom stereocenters. The number of benzene rings is 5. The van der Waals surface area contributed by atoms with E-state index in [1.165, 1.54) is 39.9 Å². The quantitative estimate of drug-likeness (QED) is 0.0958. The zero-order valence-electron chi connectivity index (χ0n) is 31.2. The number of aryl methyl sites for hydroxylation is 1. The van der Waals surface area contributed by atoms with Crippen molar-refractivity contribution in [2.75, 3.05) is 33.9 Å². The Bertz CT molecular complexity index is 1870. The minimum absolute atomic E-state index is 0. The number of hydrogen-bond acceptors (Lipinski definition) is 4. The number of rotatable bonds is 17. The molecule has 5 nitrogen and oxygen atoms in total. The van der Waals surface area contributed by atoms with Crippen LogP contribution >= 0.6 is 24.0 Å².